The van der Waals surface area contributed by atoms with Crippen molar-refractivity contribution in [3.63, 3.8) is 0 Å². The van der Waals surface area contributed by atoms with Crippen molar-refractivity contribution in [2.24, 2.45) is 0 Å². The summed E-state index contributed by atoms with van der Waals surface area (Å²) in [5.41, 5.74) is 0.827. The van der Waals surface area contributed by atoms with Gasteiger partial charge in [0.1, 0.15) is 0 Å². The highest BCUT2D eigenvalue weighted by atomic mass is 32.2. The minimum atomic E-state index is 0.00373. The lowest BCUT2D eigenvalue weighted by molar-refractivity contribution is 0.0160. The van der Waals surface area contributed by atoms with Crippen molar-refractivity contribution in [3.8, 4) is 0 Å². The number of ketones is 1. The van der Waals surface area contributed by atoms with E-state index in [1.165, 1.54) is 4.90 Å². The molecule has 1 saturated heterocycles. The molecule has 0 saturated carbocycles. The van der Waals surface area contributed by atoms with Crippen LogP contribution in [0.4, 0.5) is 0 Å². The van der Waals surface area contributed by atoms with Crippen LogP contribution in [-0.2, 0) is 4.74 Å². The zero-order chi connectivity index (χ0) is 14.4. The summed E-state index contributed by atoms with van der Waals surface area (Å²) in [7, 11) is 0. The first kappa shape index (κ1) is 15.5. The standard InChI is InChI=1S/C16H23NO2S/c1-3-4-15(17-9-11-19-12-10-17)16(18)13-5-7-14(20-2)8-6-13/h5-8,15H,3-4,9-12H2,1-2H3. The van der Waals surface area contributed by atoms with E-state index in [0.717, 1.165) is 44.7 Å². The number of hydrogen-bond acceptors (Lipinski definition) is 4. The molecular weight excluding hydrogens is 270 g/mol. The summed E-state index contributed by atoms with van der Waals surface area (Å²) in [6, 6.07) is 7.97. The summed E-state index contributed by atoms with van der Waals surface area (Å²) in [5, 5.41) is 0. The van der Waals surface area contributed by atoms with E-state index in [9.17, 15) is 4.79 Å². The van der Waals surface area contributed by atoms with Crippen LogP contribution >= 0.6 is 11.8 Å². The fourth-order valence-electron chi connectivity index (χ4n) is 2.59. The zero-order valence-electron chi connectivity index (χ0n) is 12.3. The van der Waals surface area contributed by atoms with Gasteiger partial charge in [0.15, 0.2) is 5.78 Å². The zero-order valence-corrected chi connectivity index (χ0v) is 13.1. The highest BCUT2D eigenvalue weighted by Gasteiger charge is 2.27. The van der Waals surface area contributed by atoms with Gasteiger partial charge in [0.2, 0.25) is 0 Å². The lowest BCUT2D eigenvalue weighted by atomic mass is 9.98. The van der Waals surface area contributed by atoms with Crippen LogP contribution in [0.15, 0.2) is 29.2 Å². The second-order valence-corrected chi connectivity index (χ2v) is 5.93. The predicted molar refractivity (Wildman–Crippen MR) is 83.6 cm³/mol. The number of benzene rings is 1. The molecule has 4 heteroatoms. The van der Waals surface area contributed by atoms with Gasteiger partial charge < -0.3 is 4.74 Å². The van der Waals surface area contributed by atoms with Crippen molar-refractivity contribution in [1.29, 1.82) is 0 Å². The van der Waals surface area contributed by atoms with Crippen LogP contribution in [0.3, 0.4) is 0 Å². The molecule has 0 amide bonds. The Balaban J connectivity index is 2.12. The first-order valence-corrected chi connectivity index (χ1v) is 8.48. The third-order valence-corrected chi connectivity index (χ3v) is 4.47. The first-order valence-electron chi connectivity index (χ1n) is 7.26. The van der Waals surface area contributed by atoms with Gasteiger partial charge in [0.05, 0.1) is 19.3 Å². The molecule has 0 spiro atoms. The number of ether oxygens (including phenoxy) is 1. The maximum absolute atomic E-state index is 12.7. The van der Waals surface area contributed by atoms with Crippen molar-refractivity contribution >= 4 is 17.5 Å². The van der Waals surface area contributed by atoms with Crippen LogP contribution < -0.4 is 0 Å². The summed E-state index contributed by atoms with van der Waals surface area (Å²) < 4.78 is 5.39. The van der Waals surface area contributed by atoms with E-state index < -0.39 is 0 Å². The van der Waals surface area contributed by atoms with Gasteiger partial charge in [-0.05, 0) is 24.8 Å². The predicted octanol–water partition coefficient (Wildman–Crippen LogP) is 3.09. The molecule has 0 bridgehead atoms. The number of Topliss-reactive ketones (excluding diaryl/α,β-unsaturated/α-hetero) is 1. The molecule has 1 aromatic rings. The van der Waals surface area contributed by atoms with Gasteiger partial charge in [0, 0.05) is 23.5 Å². The number of rotatable bonds is 6. The molecule has 20 heavy (non-hydrogen) atoms. The number of morpholine rings is 1. The normalized spacial score (nSPS) is 17.9. The molecule has 0 N–H and O–H groups in total. The fourth-order valence-corrected chi connectivity index (χ4v) is 3.00. The van der Waals surface area contributed by atoms with E-state index in [1.54, 1.807) is 11.8 Å². The third-order valence-electron chi connectivity index (χ3n) is 3.73. The Kier molecular flexibility index (Phi) is 6.07. The molecule has 2 rings (SSSR count). The van der Waals surface area contributed by atoms with Crippen LogP contribution in [0.2, 0.25) is 0 Å². The van der Waals surface area contributed by atoms with Gasteiger partial charge in [-0.1, -0.05) is 25.5 Å². The average molecular weight is 293 g/mol. The molecule has 0 aliphatic carbocycles. The minimum Gasteiger partial charge on any atom is -0.379 e. The fraction of sp³-hybridized carbons (Fsp3) is 0.562. The van der Waals surface area contributed by atoms with Gasteiger partial charge in [-0.15, -0.1) is 11.8 Å². The number of thioether (sulfide) groups is 1. The number of hydrogen-bond donors (Lipinski definition) is 0. The second-order valence-electron chi connectivity index (χ2n) is 5.05. The number of carbonyl (C=O) groups excluding carboxylic acids is 1. The van der Waals surface area contributed by atoms with Crippen LogP contribution in [0.25, 0.3) is 0 Å². The minimum absolute atomic E-state index is 0.00373. The number of carbonyl (C=O) groups is 1. The van der Waals surface area contributed by atoms with E-state index in [-0.39, 0.29) is 11.8 Å². The Hall–Kier alpha value is -0.840. The largest absolute Gasteiger partial charge is 0.379 e. The van der Waals surface area contributed by atoms with Crippen molar-refractivity contribution < 1.29 is 9.53 Å². The van der Waals surface area contributed by atoms with Crippen LogP contribution in [0, 0.1) is 0 Å². The summed E-state index contributed by atoms with van der Waals surface area (Å²) in [6.07, 6.45) is 3.99. The Labute approximate surface area is 125 Å². The van der Waals surface area contributed by atoms with Crippen LogP contribution in [-0.4, -0.2) is 49.3 Å². The molecule has 1 atom stereocenters. The smallest absolute Gasteiger partial charge is 0.179 e. The Bertz CT molecular complexity index is 427. The quantitative estimate of drug-likeness (QED) is 0.595. The van der Waals surface area contributed by atoms with Gasteiger partial charge in [0.25, 0.3) is 0 Å². The van der Waals surface area contributed by atoms with Crippen molar-refractivity contribution in [3.05, 3.63) is 29.8 Å². The van der Waals surface area contributed by atoms with Gasteiger partial charge in [-0.2, -0.15) is 0 Å². The van der Waals surface area contributed by atoms with Crippen LogP contribution in [0.1, 0.15) is 30.1 Å². The maximum atomic E-state index is 12.7. The molecule has 3 nitrogen and oxygen atoms in total. The number of nitrogens with zero attached hydrogens (tertiary/aromatic N) is 1. The highest BCUT2D eigenvalue weighted by molar-refractivity contribution is 7.98. The molecular formula is C16H23NO2S. The molecule has 1 aliphatic heterocycles. The molecule has 1 aliphatic rings. The topological polar surface area (TPSA) is 29.5 Å². The molecule has 1 fully saturated rings. The maximum Gasteiger partial charge on any atom is 0.179 e. The summed E-state index contributed by atoms with van der Waals surface area (Å²) in [4.78, 5) is 16.2. The summed E-state index contributed by atoms with van der Waals surface area (Å²) in [5.74, 6) is 0.251. The van der Waals surface area contributed by atoms with Crippen molar-refractivity contribution in [1.82, 2.24) is 4.90 Å². The van der Waals surface area contributed by atoms with E-state index >= 15 is 0 Å². The van der Waals surface area contributed by atoms with E-state index in [4.69, 9.17) is 4.74 Å². The lowest BCUT2D eigenvalue weighted by Gasteiger charge is -2.33. The van der Waals surface area contributed by atoms with E-state index in [1.807, 2.05) is 30.5 Å². The monoisotopic (exact) mass is 293 g/mol. The summed E-state index contributed by atoms with van der Waals surface area (Å²) >= 11 is 1.70. The van der Waals surface area contributed by atoms with Crippen molar-refractivity contribution in [2.75, 3.05) is 32.6 Å². The molecule has 1 unspecified atom stereocenters. The Morgan fingerprint density at radius 2 is 1.95 bits per heavy atom. The van der Waals surface area contributed by atoms with E-state index in [0.29, 0.717) is 0 Å². The van der Waals surface area contributed by atoms with Gasteiger partial charge in [-0.3, -0.25) is 9.69 Å². The van der Waals surface area contributed by atoms with Crippen LogP contribution in [0.5, 0.6) is 0 Å². The third kappa shape index (κ3) is 3.84. The molecule has 0 radical (unpaired) electrons. The Morgan fingerprint density at radius 1 is 1.30 bits per heavy atom. The van der Waals surface area contributed by atoms with E-state index in [2.05, 4.69) is 11.8 Å². The van der Waals surface area contributed by atoms with Crippen molar-refractivity contribution in [2.45, 2.75) is 30.7 Å². The Morgan fingerprint density at radius 3 is 2.50 bits per heavy atom. The lowest BCUT2D eigenvalue weighted by Crippen LogP contribution is -2.47. The molecule has 1 heterocycles. The average Bonchev–Trinajstić information content (AvgIpc) is 2.53. The van der Waals surface area contributed by atoms with Gasteiger partial charge >= 0.3 is 0 Å². The molecule has 1 aromatic carbocycles. The molecule has 0 aromatic heterocycles. The highest BCUT2D eigenvalue weighted by Crippen LogP contribution is 2.19. The SMILES string of the molecule is CCCC(C(=O)c1ccc(SC)cc1)N1CCOCC1. The molecule has 110 valence electrons. The summed E-state index contributed by atoms with van der Waals surface area (Å²) in [6.45, 7) is 5.33. The van der Waals surface area contributed by atoms with Gasteiger partial charge in [-0.25, -0.2) is 0 Å². The second kappa shape index (κ2) is 7.81. The first-order chi connectivity index (χ1) is 9.76.